The van der Waals surface area contributed by atoms with Gasteiger partial charge in [-0.3, -0.25) is 0 Å². The van der Waals surface area contributed by atoms with E-state index in [1.165, 1.54) is 0 Å². The molecule has 0 bridgehead atoms. The van der Waals surface area contributed by atoms with Gasteiger partial charge >= 0.3 is 0 Å². The standard InChI is InChI=1S/C11H12O3/c1-8-10(3-5-14-8)11(12)6-9-2-4-13-7-9/h2-5,7,11-12H,6H2,1H3. The summed E-state index contributed by atoms with van der Waals surface area (Å²) in [5.41, 5.74) is 1.82. The maximum absolute atomic E-state index is 9.86. The maximum atomic E-state index is 9.86. The van der Waals surface area contributed by atoms with Gasteiger partial charge in [0.15, 0.2) is 0 Å². The Labute approximate surface area is 82.0 Å². The Morgan fingerprint density at radius 2 is 2.21 bits per heavy atom. The second-order valence-electron chi connectivity index (χ2n) is 3.28. The molecule has 0 aliphatic carbocycles. The van der Waals surface area contributed by atoms with Gasteiger partial charge in [-0.1, -0.05) is 0 Å². The summed E-state index contributed by atoms with van der Waals surface area (Å²) in [5.74, 6) is 0.765. The lowest BCUT2D eigenvalue weighted by molar-refractivity contribution is 0.176. The van der Waals surface area contributed by atoms with Crippen molar-refractivity contribution in [3.8, 4) is 0 Å². The van der Waals surface area contributed by atoms with E-state index in [-0.39, 0.29) is 0 Å². The van der Waals surface area contributed by atoms with Crippen molar-refractivity contribution in [2.45, 2.75) is 19.4 Å². The lowest BCUT2D eigenvalue weighted by Crippen LogP contribution is -2.00. The van der Waals surface area contributed by atoms with Crippen LogP contribution < -0.4 is 0 Å². The van der Waals surface area contributed by atoms with E-state index in [9.17, 15) is 5.11 Å². The zero-order valence-corrected chi connectivity index (χ0v) is 7.93. The minimum Gasteiger partial charge on any atom is -0.472 e. The van der Waals surface area contributed by atoms with E-state index in [1.807, 2.05) is 13.0 Å². The number of rotatable bonds is 3. The molecule has 0 amide bonds. The normalized spacial score (nSPS) is 13.0. The molecule has 3 heteroatoms. The molecule has 2 heterocycles. The van der Waals surface area contributed by atoms with Crippen LogP contribution in [0.25, 0.3) is 0 Å². The molecule has 1 unspecified atom stereocenters. The fraction of sp³-hybridized carbons (Fsp3) is 0.273. The Morgan fingerprint density at radius 1 is 1.36 bits per heavy atom. The van der Waals surface area contributed by atoms with Crippen molar-refractivity contribution in [3.63, 3.8) is 0 Å². The molecule has 1 atom stereocenters. The lowest BCUT2D eigenvalue weighted by Gasteiger charge is -2.07. The predicted octanol–water partition coefficient (Wildman–Crippen LogP) is 2.46. The molecule has 0 fully saturated rings. The van der Waals surface area contributed by atoms with E-state index in [0.29, 0.717) is 6.42 Å². The van der Waals surface area contributed by atoms with E-state index in [2.05, 4.69) is 0 Å². The topological polar surface area (TPSA) is 46.5 Å². The molecule has 0 radical (unpaired) electrons. The van der Waals surface area contributed by atoms with Gasteiger partial charge in [0.05, 0.1) is 24.9 Å². The van der Waals surface area contributed by atoms with Crippen molar-refractivity contribution < 1.29 is 13.9 Å². The molecule has 1 N–H and O–H groups in total. The second-order valence-corrected chi connectivity index (χ2v) is 3.28. The van der Waals surface area contributed by atoms with Gasteiger partial charge in [-0.15, -0.1) is 0 Å². The highest BCUT2D eigenvalue weighted by Crippen LogP contribution is 2.22. The van der Waals surface area contributed by atoms with Crippen molar-refractivity contribution in [2.75, 3.05) is 0 Å². The predicted molar refractivity (Wildman–Crippen MR) is 50.8 cm³/mol. The Kier molecular flexibility index (Phi) is 2.41. The van der Waals surface area contributed by atoms with Gasteiger partial charge in [-0.2, -0.15) is 0 Å². The molecule has 14 heavy (non-hydrogen) atoms. The maximum Gasteiger partial charge on any atom is 0.106 e. The first kappa shape index (κ1) is 9.09. The molecule has 0 saturated carbocycles. The molecule has 3 nitrogen and oxygen atoms in total. The van der Waals surface area contributed by atoms with Gasteiger partial charge < -0.3 is 13.9 Å². The highest BCUT2D eigenvalue weighted by atomic mass is 16.3. The summed E-state index contributed by atoms with van der Waals surface area (Å²) < 4.78 is 10.0. The first-order chi connectivity index (χ1) is 6.77. The average molecular weight is 192 g/mol. The molecule has 2 aromatic heterocycles. The van der Waals surface area contributed by atoms with Crippen molar-refractivity contribution >= 4 is 0 Å². The molecule has 0 saturated heterocycles. The second kappa shape index (κ2) is 3.72. The summed E-state index contributed by atoms with van der Waals surface area (Å²) >= 11 is 0. The fourth-order valence-electron chi connectivity index (χ4n) is 1.48. The van der Waals surface area contributed by atoms with E-state index in [0.717, 1.165) is 16.9 Å². The highest BCUT2D eigenvalue weighted by Gasteiger charge is 2.13. The van der Waals surface area contributed by atoms with Crippen molar-refractivity contribution in [1.82, 2.24) is 0 Å². The monoisotopic (exact) mass is 192 g/mol. The van der Waals surface area contributed by atoms with Gasteiger partial charge in [0, 0.05) is 12.0 Å². The lowest BCUT2D eigenvalue weighted by atomic mass is 10.0. The minimum absolute atomic E-state index is 0.522. The molecule has 2 aromatic rings. The number of aliphatic hydroxyl groups excluding tert-OH is 1. The third-order valence-corrected chi connectivity index (χ3v) is 2.27. The number of hydrogen-bond donors (Lipinski definition) is 1. The van der Waals surface area contributed by atoms with Crippen LogP contribution in [0.3, 0.4) is 0 Å². The molecular formula is C11H12O3. The van der Waals surface area contributed by atoms with E-state index < -0.39 is 6.10 Å². The summed E-state index contributed by atoms with van der Waals surface area (Å²) in [4.78, 5) is 0. The van der Waals surface area contributed by atoms with Crippen LogP contribution in [0.15, 0.2) is 39.8 Å². The van der Waals surface area contributed by atoms with Crippen LogP contribution in [0.1, 0.15) is 23.0 Å². The average Bonchev–Trinajstić information content (AvgIpc) is 2.75. The van der Waals surface area contributed by atoms with E-state index in [1.54, 1.807) is 24.9 Å². The fourth-order valence-corrected chi connectivity index (χ4v) is 1.48. The van der Waals surface area contributed by atoms with Crippen LogP contribution in [0.2, 0.25) is 0 Å². The van der Waals surface area contributed by atoms with Gasteiger partial charge in [0.25, 0.3) is 0 Å². The first-order valence-electron chi connectivity index (χ1n) is 4.50. The Morgan fingerprint density at radius 3 is 2.79 bits per heavy atom. The summed E-state index contributed by atoms with van der Waals surface area (Å²) in [5, 5.41) is 9.86. The largest absolute Gasteiger partial charge is 0.472 e. The summed E-state index contributed by atoms with van der Waals surface area (Å²) in [6, 6.07) is 3.64. The molecule has 0 aromatic carbocycles. The highest BCUT2D eigenvalue weighted by molar-refractivity contribution is 5.21. The van der Waals surface area contributed by atoms with Crippen molar-refractivity contribution in [2.24, 2.45) is 0 Å². The zero-order valence-electron chi connectivity index (χ0n) is 7.93. The van der Waals surface area contributed by atoms with Crippen LogP contribution in [0, 0.1) is 6.92 Å². The van der Waals surface area contributed by atoms with Gasteiger partial charge in [-0.25, -0.2) is 0 Å². The Bertz CT molecular complexity index is 386. The third-order valence-electron chi connectivity index (χ3n) is 2.27. The van der Waals surface area contributed by atoms with Crippen molar-refractivity contribution in [3.05, 3.63) is 47.8 Å². The molecular weight excluding hydrogens is 180 g/mol. The number of aryl methyl sites for hydroxylation is 1. The molecule has 74 valence electrons. The SMILES string of the molecule is Cc1occc1C(O)Cc1ccoc1. The molecule has 0 aliphatic rings. The summed E-state index contributed by atoms with van der Waals surface area (Å²) in [6.07, 6.45) is 4.86. The first-order valence-corrected chi connectivity index (χ1v) is 4.50. The Balaban J connectivity index is 2.10. The minimum atomic E-state index is -0.522. The number of hydrogen-bond acceptors (Lipinski definition) is 3. The molecule has 0 spiro atoms. The number of aliphatic hydroxyl groups is 1. The molecule has 0 aliphatic heterocycles. The number of furan rings is 2. The summed E-state index contributed by atoms with van der Waals surface area (Å²) in [6.45, 7) is 1.84. The van der Waals surface area contributed by atoms with Crippen LogP contribution in [0.4, 0.5) is 0 Å². The van der Waals surface area contributed by atoms with Gasteiger partial charge in [0.2, 0.25) is 0 Å². The van der Waals surface area contributed by atoms with Gasteiger partial charge in [-0.05, 0) is 24.6 Å². The van der Waals surface area contributed by atoms with E-state index >= 15 is 0 Å². The quantitative estimate of drug-likeness (QED) is 0.812. The smallest absolute Gasteiger partial charge is 0.106 e. The molecule has 2 rings (SSSR count). The summed E-state index contributed by atoms with van der Waals surface area (Å²) in [7, 11) is 0. The zero-order chi connectivity index (χ0) is 9.97. The van der Waals surface area contributed by atoms with Crippen molar-refractivity contribution in [1.29, 1.82) is 0 Å². The van der Waals surface area contributed by atoms with Crippen LogP contribution in [-0.2, 0) is 6.42 Å². The third kappa shape index (κ3) is 1.72. The van der Waals surface area contributed by atoms with E-state index in [4.69, 9.17) is 8.83 Å². The van der Waals surface area contributed by atoms with Gasteiger partial charge in [0.1, 0.15) is 5.76 Å². The van der Waals surface area contributed by atoms with Crippen LogP contribution >= 0.6 is 0 Å². The van der Waals surface area contributed by atoms with Crippen LogP contribution in [-0.4, -0.2) is 5.11 Å². The Hall–Kier alpha value is -1.48. The van der Waals surface area contributed by atoms with Crippen LogP contribution in [0.5, 0.6) is 0 Å².